The number of aryl methyl sites for hydroxylation is 3. The molecule has 0 spiro atoms. The largest absolute Gasteiger partial charge is 0.347 e. The van der Waals surface area contributed by atoms with Gasteiger partial charge in [0, 0.05) is 30.5 Å². The molecule has 0 saturated carbocycles. The highest BCUT2D eigenvalue weighted by Gasteiger charge is 2.27. The minimum absolute atomic E-state index is 0.414. The first-order chi connectivity index (χ1) is 11.8. The Balaban J connectivity index is 1.39. The van der Waals surface area contributed by atoms with Gasteiger partial charge in [0.05, 0.1) is 5.69 Å². The van der Waals surface area contributed by atoms with Crippen LogP contribution in [0.25, 0.3) is 5.65 Å². The van der Waals surface area contributed by atoms with Gasteiger partial charge in [-0.3, -0.25) is 0 Å². The van der Waals surface area contributed by atoms with Crippen molar-refractivity contribution < 1.29 is 0 Å². The summed E-state index contributed by atoms with van der Waals surface area (Å²) in [6, 6.07) is 2.17. The van der Waals surface area contributed by atoms with Crippen molar-refractivity contribution in [1.29, 1.82) is 0 Å². The van der Waals surface area contributed by atoms with E-state index in [4.69, 9.17) is 5.10 Å². The van der Waals surface area contributed by atoms with Crippen molar-refractivity contribution >= 4 is 22.3 Å². The Morgan fingerprint density at radius 2 is 2.04 bits per heavy atom. The van der Waals surface area contributed by atoms with Crippen molar-refractivity contribution in [2.24, 2.45) is 0 Å². The molecular weight excluding hydrogens is 322 g/mol. The zero-order valence-corrected chi connectivity index (χ0v) is 14.5. The Bertz CT molecular complexity index is 891. The molecule has 0 unspecified atom stereocenters. The van der Waals surface area contributed by atoms with Gasteiger partial charge in [-0.05, 0) is 50.7 Å². The maximum atomic E-state index is 4.83. The molecule has 8 heteroatoms. The lowest BCUT2D eigenvalue weighted by molar-refractivity contribution is 0.476. The lowest BCUT2D eigenvalue weighted by Gasteiger charge is -2.30. The lowest BCUT2D eigenvalue weighted by Crippen LogP contribution is -2.33. The molecule has 1 fully saturated rings. The van der Waals surface area contributed by atoms with E-state index in [1.54, 1.807) is 0 Å². The topological polar surface area (TPSA) is 72.1 Å². The van der Waals surface area contributed by atoms with Gasteiger partial charge in [0.2, 0.25) is 5.13 Å². The van der Waals surface area contributed by atoms with E-state index in [0.29, 0.717) is 5.92 Å². The van der Waals surface area contributed by atoms with Crippen LogP contribution in [0.5, 0.6) is 0 Å². The normalized spacial score (nSPS) is 18.5. The summed E-state index contributed by atoms with van der Waals surface area (Å²) in [6.07, 6.45) is 5.52. The van der Waals surface area contributed by atoms with Crippen LogP contribution in [0.3, 0.4) is 0 Å². The number of nitrogens with zero attached hydrogens (tertiary/aromatic N) is 7. The second-order valence-electron chi connectivity index (χ2n) is 6.68. The molecule has 0 amide bonds. The highest BCUT2D eigenvalue weighted by atomic mass is 32.1. The number of aromatic nitrogens is 6. The van der Waals surface area contributed by atoms with Crippen molar-refractivity contribution in [3.63, 3.8) is 0 Å². The van der Waals surface area contributed by atoms with E-state index >= 15 is 0 Å². The van der Waals surface area contributed by atoms with Crippen molar-refractivity contribution in [1.82, 2.24) is 29.2 Å². The minimum atomic E-state index is 0.414. The third kappa shape index (κ3) is 2.28. The fourth-order valence-electron chi connectivity index (χ4n) is 3.79. The lowest BCUT2D eigenvalue weighted by atomic mass is 9.96. The molecule has 2 aliphatic rings. The summed E-state index contributed by atoms with van der Waals surface area (Å²) in [6.45, 7) is 3.91. The second kappa shape index (κ2) is 5.47. The molecule has 0 N–H and O–H groups in total. The molecule has 3 aromatic heterocycles. The van der Waals surface area contributed by atoms with E-state index < -0.39 is 0 Å². The van der Waals surface area contributed by atoms with Crippen LogP contribution in [0.1, 0.15) is 48.1 Å². The first kappa shape index (κ1) is 14.3. The molecule has 1 saturated heterocycles. The van der Waals surface area contributed by atoms with Gasteiger partial charge in [-0.25, -0.2) is 4.98 Å². The third-order valence-electron chi connectivity index (χ3n) is 5.09. The SMILES string of the molecule is Cc1nsc(N2CCC(c3nnc4cc5c(nn34)CCC5)CC2)n1. The van der Waals surface area contributed by atoms with Crippen molar-refractivity contribution in [3.8, 4) is 0 Å². The smallest absolute Gasteiger partial charge is 0.205 e. The van der Waals surface area contributed by atoms with E-state index in [-0.39, 0.29) is 0 Å². The number of hydrogen-bond donors (Lipinski definition) is 0. The van der Waals surface area contributed by atoms with Gasteiger partial charge in [-0.15, -0.1) is 10.2 Å². The van der Waals surface area contributed by atoms with E-state index in [0.717, 1.165) is 61.2 Å². The Morgan fingerprint density at radius 3 is 2.83 bits per heavy atom. The molecule has 0 radical (unpaired) electrons. The third-order valence-corrected chi connectivity index (χ3v) is 5.96. The van der Waals surface area contributed by atoms with Crippen molar-refractivity contribution in [3.05, 3.63) is 29.0 Å². The minimum Gasteiger partial charge on any atom is -0.347 e. The standard InChI is InChI=1S/C16H19N7S/c1-10-17-16(24-21-10)22-7-5-11(6-8-22)15-19-18-14-9-12-3-2-4-13(12)20-23(14)15/h9,11H,2-8H2,1H3. The van der Waals surface area contributed by atoms with Gasteiger partial charge in [0.15, 0.2) is 11.5 Å². The molecular formula is C16H19N7S. The van der Waals surface area contributed by atoms with E-state index in [1.807, 2.05) is 11.4 Å². The summed E-state index contributed by atoms with van der Waals surface area (Å²) in [4.78, 5) is 6.83. The zero-order valence-electron chi connectivity index (χ0n) is 13.6. The maximum Gasteiger partial charge on any atom is 0.205 e. The molecule has 3 aromatic rings. The van der Waals surface area contributed by atoms with E-state index in [1.165, 1.54) is 29.2 Å². The average molecular weight is 341 g/mol. The quantitative estimate of drug-likeness (QED) is 0.711. The summed E-state index contributed by atoms with van der Waals surface area (Å²) in [5.74, 6) is 2.30. The predicted octanol–water partition coefficient (Wildman–Crippen LogP) is 2.16. The van der Waals surface area contributed by atoms with Gasteiger partial charge >= 0.3 is 0 Å². The summed E-state index contributed by atoms with van der Waals surface area (Å²) in [5.41, 5.74) is 3.47. The van der Waals surface area contributed by atoms with E-state index in [2.05, 4.69) is 30.5 Å². The Hall–Kier alpha value is -2.09. The Morgan fingerprint density at radius 1 is 1.17 bits per heavy atom. The molecule has 0 atom stereocenters. The molecule has 24 heavy (non-hydrogen) atoms. The summed E-state index contributed by atoms with van der Waals surface area (Å²) in [7, 11) is 0. The maximum absolute atomic E-state index is 4.83. The first-order valence-electron chi connectivity index (χ1n) is 8.57. The predicted molar refractivity (Wildman–Crippen MR) is 91.6 cm³/mol. The average Bonchev–Trinajstić information content (AvgIpc) is 3.32. The van der Waals surface area contributed by atoms with Crippen molar-refractivity contribution in [2.45, 2.75) is 44.9 Å². The Kier molecular flexibility index (Phi) is 3.26. The fraction of sp³-hybridized carbons (Fsp3) is 0.562. The number of anilines is 1. The van der Waals surface area contributed by atoms with Crippen LogP contribution in [0.15, 0.2) is 6.07 Å². The van der Waals surface area contributed by atoms with Crippen LogP contribution in [-0.2, 0) is 12.8 Å². The monoisotopic (exact) mass is 341 g/mol. The van der Waals surface area contributed by atoms with Crippen LogP contribution < -0.4 is 4.90 Å². The first-order valence-corrected chi connectivity index (χ1v) is 9.34. The molecule has 5 rings (SSSR count). The van der Waals surface area contributed by atoms with Gasteiger partial charge in [0.25, 0.3) is 0 Å². The number of rotatable bonds is 2. The molecule has 0 bridgehead atoms. The van der Waals surface area contributed by atoms with Gasteiger partial charge in [0.1, 0.15) is 5.82 Å². The van der Waals surface area contributed by atoms with Crippen LogP contribution in [0, 0.1) is 6.92 Å². The molecule has 4 heterocycles. The number of fused-ring (bicyclic) bond motifs is 2. The summed E-state index contributed by atoms with van der Waals surface area (Å²) < 4.78 is 6.27. The van der Waals surface area contributed by atoms with Crippen LogP contribution in [-0.4, -0.2) is 42.3 Å². The second-order valence-corrected chi connectivity index (χ2v) is 7.41. The van der Waals surface area contributed by atoms with Crippen LogP contribution in [0.4, 0.5) is 5.13 Å². The molecule has 1 aliphatic heterocycles. The van der Waals surface area contributed by atoms with Gasteiger partial charge in [-0.1, -0.05) is 0 Å². The molecule has 7 nitrogen and oxygen atoms in total. The van der Waals surface area contributed by atoms with Gasteiger partial charge in [-0.2, -0.15) is 14.0 Å². The summed E-state index contributed by atoms with van der Waals surface area (Å²) in [5, 5.41) is 14.7. The molecule has 124 valence electrons. The summed E-state index contributed by atoms with van der Waals surface area (Å²) >= 11 is 1.49. The number of hydrogen-bond acceptors (Lipinski definition) is 7. The zero-order chi connectivity index (χ0) is 16.1. The highest BCUT2D eigenvalue weighted by molar-refractivity contribution is 7.09. The van der Waals surface area contributed by atoms with Crippen molar-refractivity contribution in [2.75, 3.05) is 18.0 Å². The number of piperidine rings is 1. The fourth-order valence-corrected chi connectivity index (χ4v) is 4.52. The molecule has 0 aromatic carbocycles. The van der Waals surface area contributed by atoms with Crippen LogP contribution in [0.2, 0.25) is 0 Å². The highest BCUT2D eigenvalue weighted by Crippen LogP contribution is 2.31. The van der Waals surface area contributed by atoms with E-state index in [9.17, 15) is 0 Å². The Labute approximate surface area is 143 Å². The van der Waals surface area contributed by atoms with Gasteiger partial charge < -0.3 is 4.90 Å². The molecule has 1 aliphatic carbocycles. The van der Waals surface area contributed by atoms with Crippen LogP contribution >= 0.6 is 11.5 Å².